The second kappa shape index (κ2) is 7.25. The molecule has 1 aliphatic carbocycles. The lowest BCUT2D eigenvalue weighted by Crippen LogP contribution is -2.55. The van der Waals surface area contributed by atoms with Crippen molar-refractivity contribution in [3.8, 4) is 0 Å². The third kappa shape index (κ3) is 3.93. The van der Waals surface area contributed by atoms with Crippen molar-refractivity contribution in [2.24, 2.45) is 5.73 Å². The normalized spacial score (nSPS) is 24.4. The Morgan fingerprint density at radius 3 is 2.37 bits per heavy atom. The van der Waals surface area contributed by atoms with Gasteiger partial charge in [0, 0.05) is 32.2 Å². The van der Waals surface area contributed by atoms with Gasteiger partial charge < -0.3 is 10.6 Å². The van der Waals surface area contributed by atoms with E-state index in [0.717, 1.165) is 45.1 Å². The van der Waals surface area contributed by atoms with Crippen LogP contribution in [0.5, 0.6) is 0 Å². The van der Waals surface area contributed by atoms with E-state index in [9.17, 15) is 4.79 Å². The van der Waals surface area contributed by atoms with Crippen molar-refractivity contribution >= 4 is 5.91 Å². The van der Waals surface area contributed by atoms with Gasteiger partial charge in [0.2, 0.25) is 5.91 Å². The molecule has 4 nitrogen and oxygen atoms in total. The predicted octanol–water partition coefficient (Wildman–Crippen LogP) is 1.59. The van der Waals surface area contributed by atoms with Crippen molar-refractivity contribution in [3.63, 3.8) is 0 Å². The highest BCUT2D eigenvalue weighted by molar-refractivity contribution is 5.81. The number of hydrogen-bond acceptors (Lipinski definition) is 3. The van der Waals surface area contributed by atoms with Crippen LogP contribution in [0.3, 0.4) is 0 Å². The number of rotatable bonds is 4. The quantitative estimate of drug-likeness (QED) is 0.841. The van der Waals surface area contributed by atoms with Gasteiger partial charge in [-0.2, -0.15) is 0 Å². The first-order valence-corrected chi connectivity index (χ1v) is 8.00. The topological polar surface area (TPSA) is 49.6 Å². The van der Waals surface area contributed by atoms with E-state index in [1.54, 1.807) is 0 Å². The average Bonchev–Trinajstić information content (AvgIpc) is 2.48. The summed E-state index contributed by atoms with van der Waals surface area (Å²) in [5.74, 6) is 0.158. The number of hydrogen-bond donors (Lipinski definition) is 1. The Labute approximate surface area is 117 Å². The molecule has 4 heteroatoms. The van der Waals surface area contributed by atoms with Crippen molar-refractivity contribution in [2.75, 3.05) is 26.2 Å². The molecular weight excluding hydrogens is 238 g/mol. The van der Waals surface area contributed by atoms with Crippen LogP contribution in [0.1, 0.15) is 51.9 Å². The van der Waals surface area contributed by atoms with Gasteiger partial charge in [0.1, 0.15) is 0 Å². The zero-order valence-corrected chi connectivity index (χ0v) is 12.3. The first-order valence-electron chi connectivity index (χ1n) is 8.00. The van der Waals surface area contributed by atoms with Gasteiger partial charge in [0.15, 0.2) is 0 Å². The van der Waals surface area contributed by atoms with Crippen LogP contribution >= 0.6 is 0 Å². The molecule has 1 atom stereocenters. The SMILES string of the molecule is CCCC(N)C(=O)N1CCN(C2CCCCC2)CC1. The molecule has 0 aromatic carbocycles. The van der Waals surface area contributed by atoms with Crippen molar-refractivity contribution < 1.29 is 4.79 Å². The summed E-state index contributed by atoms with van der Waals surface area (Å²) in [6.45, 7) is 5.89. The molecule has 1 aliphatic heterocycles. The maximum absolute atomic E-state index is 12.2. The smallest absolute Gasteiger partial charge is 0.239 e. The van der Waals surface area contributed by atoms with Crippen LogP contribution in [0.15, 0.2) is 0 Å². The summed E-state index contributed by atoms with van der Waals surface area (Å²) in [6.07, 6.45) is 8.65. The minimum Gasteiger partial charge on any atom is -0.339 e. The fraction of sp³-hybridized carbons (Fsp3) is 0.933. The van der Waals surface area contributed by atoms with Crippen LogP contribution in [0.2, 0.25) is 0 Å². The molecule has 1 heterocycles. The second-order valence-corrected chi connectivity index (χ2v) is 6.05. The molecule has 0 aromatic heterocycles. The van der Waals surface area contributed by atoms with Crippen LogP contribution in [-0.4, -0.2) is 54.0 Å². The van der Waals surface area contributed by atoms with E-state index in [2.05, 4.69) is 11.8 Å². The van der Waals surface area contributed by atoms with Crippen molar-refractivity contribution in [3.05, 3.63) is 0 Å². The zero-order valence-electron chi connectivity index (χ0n) is 12.3. The van der Waals surface area contributed by atoms with Crippen LogP contribution in [-0.2, 0) is 4.79 Å². The van der Waals surface area contributed by atoms with E-state index < -0.39 is 0 Å². The third-order valence-electron chi connectivity index (χ3n) is 4.63. The first-order chi connectivity index (χ1) is 9.22. The van der Waals surface area contributed by atoms with Gasteiger partial charge in [-0.15, -0.1) is 0 Å². The Morgan fingerprint density at radius 1 is 1.16 bits per heavy atom. The lowest BCUT2D eigenvalue weighted by atomic mass is 9.94. The monoisotopic (exact) mass is 267 g/mol. The molecule has 1 saturated heterocycles. The highest BCUT2D eigenvalue weighted by atomic mass is 16.2. The molecule has 0 bridgehead atoms. The Hall–Kier alpha value is -0.610. The first kappa shape index (κ1) is 14.8. The second-order valence-electron chi connectivity index (χ2n) is 6.05. The molecule has 1 saturated carbocycles. The van der Waals surface area contributed by atoms with Gasteiger partial charge in [0.25, 0.3) is 0 Å². The molecule has 1 amide bonds. The summed E-state index contributed by atoms with van der Waals surface area (Å²) in [5, 5.41) is 0. The van der Waals surface area contributed by atoms with Crippen LogP contribution in [0.4, 0.5) is 0 Å². The van der Waals surface area contributed by atoms with E-state index in [1.807, 2.05) is 4.90 Å². The maximum Gasteiger partial charge on any atom is 0.239 e. The third-order valence-corrected chi connectivity index (χ3v) is 4.63. The minimum absolute atomic E-state index is 0.158. The van der Waals surface area contributed by atoms with Crippen LogP contribution < -0.4 is 5.73 Å². The number of piperazine rings is 1. The molecule has 0 spiro atoms. The number of amides is 1. The molecule has 0 radical (unpaired) electrons. The largest absolute Gasteiger partial charge is 0.339 e. The molecule has 2 rings (SSSR count). The average molecular weight is 267 g/mol. The summed E-state index contributed by atoms with van der Waals surface area (Å²) in [4.78, 5) is 16.7. The number of carbonyl (C=O) groups excluding carboxylic acids is 1. The van der Waals surface area contributed by atoms with Gasteiger partial charge in [-0.3, -0.25) is 9.69 Å². The van der Waals surface area contributed by atoms with Crippen LogP contribution in [0, 0.1) is 0 Å². The van der Waals surface area contributed by atoms with E-state index in [-0.39, 0.29) is 11.9 Å². The molecule has 110 valence electrons. The van der Waals surface area contributed by atoms with Gasteiger partial charge in [-0.05, 0) is 19.3 Å². The number of carbonyl (C=O) groups is 1. The van der Waals surface area contributed by atoms with E-state index in [1.165, 1.54) is 32.1 Å². The fourth-order valence-corrected chi connectivity index (χ4v) is 3.42. The Kier molecular flexibility index (Phi) is 5.64. The van der Waals surface area contributed by atoms with E-state index in [4.69, 9.17) is 5.73 Å². The van der Waals surface area contributed by atoms with Gasteiger partial charge in [-0.25, -0.2) is 0 Å². The lowest BCUT2D eigenvalue weighted by Gasteiger charge is -2.41. The van der Waals surface area contributed by atoms with Crippen molar-refractivity contribution in [2.45, 2.75) is 64.0 Å². The van der Waals surface area contributed by atoms with Gasteiger partial charge >= 0.3 is 0 Å². The molecular formula is C15H29N3O. The summed E-state index contributed by atoms with van der Waals surface area (Å²) >= 11 is 0. The van der Waals surface area contributed by atoms with E-state index >= 15 is 0 Å². The standard InChI is InChI=1S/C15H29N3O/c1-2-6-14(16)15(19)18-11-9-17(10-12-18)13-7-4-3-5-8-13/h13-14H,2-12,16H2,1H3. The molecule has 0 aromatic rings. The van der Waals surface area contributed by atoms with Gasteiger partial charge in [0.05, 0.1) is 6.04 Å². The van der Waals surface area contributed by atoms with Crippen molar-refractivity contribution in [1.29, 1.82) is 0 Å². The highest BCUT2D eigenvalue weighted by Gasteiger charge is 2.28. The highest BCUT2D eigenvalue weighted by Crippen LogP contribution is 2.23. The molecule has 2 aliphatic rings. The summed E-state index contributed by atoms with van der Waals surface area (Å²) in [7, 11) is 0. The number of nitrogens with two attached hydrogens (primary N) is 1. The zero-order chi connectivity index (χ0) is 13.7. The predicted molar refractivity (Wildman–Crippen MR) is 77.9 cm³/mol. The van der Waals surface area contributed by atoms with Gasteiger partial charge in [-0.1, -0.05) is 32.6 Å². The molecule has 2 N–H and O–H groups in total. The fourth-order valence-electron chi connectivity index (χ4n) is 3.42. The van der Waals surface area contributed by atoms with E-state index in [0.29, 0.717) is 0 Å². The molecule has 1 unspecified atom stereocenters. The Morgan fingerprint density at radius 2 is 1.79 bits per heavy atom. The van der Waals surface area contributed by atoms with Crippen LogP contribution in [0.25, 0.3) is 0 Å². The Bertz CT molecular complexity index is 281. The lowest BCUT2D eigenvalue weighted by molar-refractivity contribution is -0.135. The number of nitrogens with zero attached hydrogens (tertiary/aromatic N) is 2. The maximum atomic E-state index is 12.2. The minimum atomic E-state index is -0.286. The summed E-state index contributed by atoms with van der Waals surface area (Å²) in [6, 6.07) is 0.488. The molecule has 2 fully saturated rings. The Balaban J connectivity index is 1.76. The molecule has 19 heavy (non-hydrogen) atoms. The summed E-state index contributed by atoms with van der Waals surface area (Å²) < 4.78 is 0. The summed E-state index contributed by atoms with van der Waals surface area (Å²) in [5.41, 5.74) is 5.93. The van der Waals surface area contributed by atoms with Crippen molar-refractivity contribution in [1.82, 2.24) is 9.80 Å².